The zero-order chi connectivity index (χ0) is 10.6. The molecule has 1 aliphatic rings. The molecule has 0 unspecified atom stereocenters. The summed E-state index contributed by atoms with van der Waals surface area (Å²) in [4.78, 5) is 0. The Morgan fingerprint density at radius 1 is 1.43 bits per heavy atom. The molecular formula is C8H13F3INO. The first-order chi connectivity index (χ1) is 6.53. The number of ether oxygens (including phenoxy) is 1. The fourth-order valence-corrected chi connectivity index (χ4v) is 3.19. The van der Waals surface area contributed by atoms with Gasteiger partial charge < -0.3 is 0 Å². The SMILES string of the molecule is C[N+]1([I-]/C=C(\F)C(F)F)CCOCC1. The summed E-state index contributed by atoms with van der Waals surface area (Å²) in [7, 11) is 1.96. The Kier molecular flexibility index (Phi) is 4.65. The second kappa shape index (κ2) is 5.32. The maximum atomic E-state index is 12.5. The van der Waals surface area contributed by atoms with E-state index in [1.54, 1.807) is 0 Å². The number of hydrogen-bond donors (Lipinski definition) is 0. The Morgan fingerprint density at radius 2 is 2.00 bits per heavy atom. The summed E-state index contributed by atoms with van der Waals surface area (Å²) >= 11 is -0.713. The molecule has 0 amide bonds. The Balaban J connectivity index is 2.46. The molecule has 0 aliphatic carbocycles. The Bertz CT molecular complexity index is 217. The average Bonchev–Trinajstić information content (AvgIpc) is 2.15. The van der Waals surface area contributed by atoms with E-state index >= 15 is 0 Å². The van der Waals surface area contributed by atoms with Gasteiger partial charge in [-0.2, -0.15) is 0 Å². The van der Waals surface area contributed by atoms with E-state index in [4.69, 9.17) is 4.74 Å². The van der Waals surface area contributed by atoms with Crippen LogP contribution in [0.15, 0.2) is 9.91 Å². The van der Waals surface area contributed by atoms with Crippen LogP contribution in [0.5, 0.6) is 0 Å². The molecule has 1 rings (SSSR count). The monoisotopic (exact) mass is 323 g/mol. The van der Waals surface area contributed by atoms with Crippen LogP contribution in [0.4, 0.5) is 13.2 Å². The molecule has 0 N–H and O–H groups in total. The van der Waals surface area contributed by atoms with Crippen molar-refractivity contribution in [2.24, 2.45) is 0 Å². The van der Waals surface area contributed by atoms with E-state index in [0.717, 1.165) is 17.2 Å². The second-order valence-corrected chi connectivity index (χ2v) is 6.73. The van der Waals surface area contributed by atoms with E-state index in [1.807, 2.05) is 7.05 Å². The summed E-state index contributed by atoms with van der Waals surface area (Å²) in [6, 6.07) is 0. The van der Waals surface area contributed by atoms with Gasteiger partial charge in [0.2, 0.25) is 0 Å². The normalized spacial score (nSPS) is 23.1. The van der Waals surface area contributed by atoms with Crippen molar-refractivity contribution >= 4 is 0 Å². The second-order valence-electron chi connectivity index (χ2n) is 3.22. The van der Waals surface area contributed by atoms with Crippen LogP contribution in [0.1, 0.15) is 0 Å². The number of morpholine rings is 1. The van der Waals surface area contributed by atoms with E-state index in [2.05, 4.69) is 0 Å². The van der Waals surface area contributed by atoms with Crippen molar-refractivity contribution in [3.63, 3.8) is 0 Å². The third-order valence-corrected chi connectivity index (χ3v) is 5.18. The van der Waals surface area contributed by atoms with Crippen LogP contribution in [0.2, 0.25) is 0 Å². The summed E-state index contributed by atoms with van der Waals surface area (Å²) in [6.07, 6.45) is -2.96. The van der Waals surface area contributed by atoms with Crippen molar-refractivity contribution < 1.29 is 42.1 Å². The molecule has 1 aliphatic heterocycles. The summed E-state index contributed by atoms with van der Waals surface area (Å²) < 4.78 is 43.2. The molecular weight excluding hydrogens is 310 g/mol. The predicted octanol–water partition coefficient (Wildman–Crippen LogP) is -1.46. The molecule has 6 heteroatoms. The molecule has 14 heavy (non-hydrogen) atoms. The Hall–Kier alpha value is 0.180. The minimum absolute atomic E-state index is 0.639. The number of rotatable bonds is 3. The van der Waals surface area contributed by atoms with Crippen LogP contribution in [-0.2, 0) is 4.74 Å². The number of halogens is 4. The van der Waals surface area contributed by atoms with Crippen molar-refractivity contribution in [1.82, 2.24) is 0 Å². The first-order valence-corrected chi connectivity index (χ1v) is 6.46. The van der Waals surface area contributed by atoms with Crippen molar-refractivity contribution in [2.45, 2.75) is 6.43 Å². The maximum absolute atomic E-state index is 12.5. The van der Waals surface area contributed by atoms with E-state index in [1.165, 1.54) is 0 Å². The summed E-state index contributed by atoms with van der Waals surface area (Å²) in [5.41, 5.74) is 0. The molecule has 0 atom stereocenters. The van der Waals surface area contributed by atoms with Gasteiger partial charge in [-0.3, -0.25) is 0 Å². The first-order valence-electron chi connectivity index (χ1n) is 4.25. The van der Waals surface area contributed by atoms with Gasteiger partial charge in [0, 0.05) is 0 Å². The summed E-state index contributed by atoms with van der Waals surface area (Å²) in [6.45, 7) is 2.86. The van der Waals surface area contributed by atoms with Crippen LogP contribution in [0, 0.1) is 0 Å². The van der Waals surface area contributed by atoms with Gasteiger partial charge in [0.05, 0.1) is 0 Å². The molecule has 0 saturated carbocycles. The zero-order valence-corrected chi connectivity index (χ0v) is 10.0. The minimum atomic E-state index is -2.96. The fraction of sp³-hybridized carbons (Fsp3) is 0.750. The summed E-state index contributed by atoms with van der Waals surface area (Å²) in [5, 5.41) is 0. The van der Waals surface area contributed by atoms with E-state index < -0.39 is 33.7 Å². The van der Waals surface area contributed by atoms with Gasteiger partial charge in [-0.25, -0.2) is 0 Å². The molecule has 1 saturated heterocycles. The van der Waals surface area contributed by atoms with Crippen LogP contribution >= 0.6 is 0 Å². The van der Waals surface area contributed by atoms with E-state index in [0.29, 0.717) is 15.9 Å². The summed E-state index contributed by atoms with van der Waals surface area (Å²) in [5.74, 6) is -1.27. The molecule has 0 aromatic heterocycles. The van der Waals surface area contributed by atoms with Gasteiger partial charge in [-0.05, 0) is 0 Å². The number of allylic oxidation sites excluding steroid dienone is 1. The number of nitrogens with zero attached hydrogens (tertiary/aromatic N) is 1. The predicted molar refractivity (Wildman–Crippen MR) is 41.9 cm³/mol. The van der Waals surface area contributed by atoms with Crippen molar-refractivity contribution in [2.75, 3.05) is 33.4 Å². The molecule has 1 fully saturated rings. The number of likely N-dealkylation sites (N-methyl/N-ethyl adjacent to an activating group) is 1. The topological polar surface area (TPSA) is 9.23 Å². The van der Waals surface area contributed by atoms with Gasteiger partial charge in [-0.1, -0.05) is 0 Å². The van der Waals surface area contributed by atoms with Crippen LogP contribution in [0.3, 0.4) is 0 Å². The molecule has 2 nitrogen and oxygen atoms in total. The van der Waals surface area contributed by atoms with Gasteiger partial charge >= 0.3 is 91.8 Å². The number of hydrogen-bond acceptors (Lipinski definition) is 1. The Morgan fingerprint density at radius 3 is 2.50 bits per heavy atom. The molecule has 0 bridgehead atoms. The van der Waals surface area contributed by atoms with Crippen LogP contribution < -0.4 is 21.5 Å². The fourth-order valence-electron chi connectivity index (χ4n) is 1.03. The standard InChI is InChI=1S/C8H13F3INO/c1-13(2-4-14-5-3-13)12-6-7(9)8(10)11/h6,8H,2-5H2,1H3/b7-6-. The van der Waals surface area contributed by atoms with Crippen molar-refractivity contribution in [1.29, 1.82) is 0 Å². The van der Waals surface area contributed by atoms with E-state index in [9.17, 15) is 13.2 Å². The van der Waals surface area contributed by atoms with Crippen LogP contribution in [0.25, 0.3) is 0 Å². The van der Waals surface area contributed by atoms with Gasteiger partial charge in [0.1, 0.15) is 0 Å². The molecule has 0 spiro atoms. The van der Waals surface area contributed by atoms with Crippen LogP contribution in [-0.4, -0.2) is 42.5 Å². The van der Waals surface area contributed by atoms with Crippen molar-refractivity contribution in [3.8, 4) is 0 Å². The Labute approximate surface area is 91.9 Å². The van der Waals surface area contributed by atoms with Gasteiger partial charge in [0.25, 0.3) is 0 Å². The average molecular weight is 323 g/mol. The van der Waals surface area contributed by atoms with Gasteiger partial charge in [-0.15, -0.1) is 0 Å². The molecule has 0 aromatic rings. The van der Waals surface area contributed by atoms with Crippen molar-refractivity contribution in [3.05, 3.63) is 9.91 Å². The molecule has 84 valence electrons. The zero-order valence-electron chi connectivity index (χ0n) is 7.85. The third kappa shape index (κ3) is 3.74. The molecule has 0 aromatic carbocycles. The molecule has 1 heterocycles. The molecule has 0 radical (unpaired) electrons. The van der Waals surface area contributed by atoms with Gasteiger partial charge in [0.15, 0.2) is 0 Å². The number of alkyl halides is 2. The first kappa shape index (κ1) is 12.3. The third-order valence-electron chi connectivity index (χ3n) is 2.00. The quantitative estimate of drug-likeness (QED) is 0.456. The number of quaternary nitrogens is 1. The van der Waals surface area contributed by atoms with E-state index in [-0.39, 0.29) is 0 Å².